The number of aldehydes is 1. The molecule has 1 aliphatic heterocycles. The summed E-state index contributed by atoms with van der Waals surface area (Å²) in [6.45, 7) is 11.0. The number of hydrogen-bond acceptors (Lipinski definition) is 3. The number of nitrogens with zero attached hydrogens (tertiary/aromatic N) is 1. The molecule has 0 aliphatic carbocycles. The maximum atomic E-state index is 12.0. The highest BCUT2D eigenvalue weighted by Crippen LogP contribution is 2.31. The summed E-state index contributed by atoms with van der Waals surface area (Å²) in [6.07, 6.45) is 1.53. The Morgan fingerprint density at radius 3 is 2.50 bits per heavy atom. The molecule has 1 heterocycles. The zero-order valence-corrected chi connectivity index (χ0v) is 14.1. The Balaban J connectivity index is 2.06. The molecule has 1 saturated heterocycles. The third-order valence-electron chi connectivity index (χ3n) is 4.00. The van der Waals surface area contributed by atoms with Gasteiger partial charge >= 0.3 is 6.09 Å². The molecule has 0 bridgehead atoms. The van der Waals surface area contributed by atoms with Gasteiger partial charge < -0.3 is 9.64 Å². The predicted molar refractivity (Wildman–Crippen MR) is 86.5 cm³/mol. The zero-order valence-electron chi connectivity index (χ0n) is 14.1. The highest BCUT2D eigenvalue weighted by atomic mass is 16.6. The number of aryl methyl sites for hydroxylation is 2. The number of carbonyl (C=O) groups is 2. The van der Waals surface area contributed by atoms with Crippen LogP contribution < -0.4 is 0 Å². The second-order valence-electron chi connectivity index (χ2n) is 6.96. The molecule has 2 rings (SSSR count). The molecule has 0 radical (unpaired) electrons. The molecule has 1 aliphatic rings. The van der Waals surface area contributed by atoms with Gasteiger partial charge in [0.05, 0.1) is 0 Å². The smallest absolute Gasteiger partial charge is 0.410 e. The van der Waals surface area contributed by atoms with Crippen LogP contribution in [0.25, 0.3) is 0 Å². The van der Waals surface area contributed by atoms with Crippen LogP contribution in [-0.2, 0) is 11.2 Å². The van der Waals surface area contributed by atoms with E-state index in [4.69, 9.17) is 4.74 Å². The van der Waals surface area contributed by atoms with Crippen molar-refractivity contribution in [2.45, 2.75) is 52.6 Å². The molecule has 4 nitrogen and oxygen atoms in total. The molecule has 0 unspecified atom stereocenters. The molecule has 1 aromatic carbocycles. The summed E-state index contributed by atoms with van der Waals surface area (Å²) >= 11 is 0. The van der Waals surface area contributed by atoms with Crippen molar-refractivity contribution in [3.05, 3.63) is 34.4 Å². The third-order valence-corrected chi connectivity index (χ3v) is 4.00. The van der Waals surface area contributed by atoms with Crippen LogP contribution in [0, 0.1) is 6.92 Å². The Kier molecular flexibility index (Phi) is 4.59. The first-order valence-electron chi connectivity index (χ1n) is 7.81. The van der Waals surface area contributed by atoms with Crippen molar-refractivity contribution in [2.75, 3.05) is 13.1 Å². The normalized spacial score (nSPS) is 15.4. The number of ether oxygens (including phenoxy) is 1. The lowest BCUT2D eigenvalue weighted by Gasteiger charge is -2.40. The summed E-state index contributed by atoms with van der Waals surface area (Å²) in [4.78, 5) is 24.9. The summed E-state index contributed by atoms with van der Waals surface area (Å²) in [5.41, 5.74) is 3.65. The number of hydrogen-bond donors (Lipinski definition) is 0. The highest BCUT2D eigenvalue weighted by molar-refractivity contribution is 5.80. The fourth-order valence-corrected chi connectivity index (χ4v) is 2.76. The first kappa shape index (κ1) is 16.5. The average molecular weight is 303 g/mol. The van der Waals surface area contributed by atoms with Crippen LogP contribution in [0.1, 0.15) is 60.7 Å². The van der Waals surface area contributed by atoms with Gasteiger partial charge in [0.15, 0.2) is 6.29 Å². The van der Waals surface area contributed by atoms with Crippen LogP contribution in [0.15, 0.2) is 12.1 Å². The van der Waals surface area contributed by atoms with Crippen LogP contribution in [0.4, 0.5) is 4.79 Å². The minimum atomic E-state index is -0.459. The summed E-state index contributed by atoms with van der Waals surface area (Å²) < 4.78 is 5.37. The van der Waals surface area contributed by atoms with Crippen LogP contribution in [0.2, 0.25) is 0 Å². The van der Waals surface area contributed by atoms with Gasteiger partial charge in [-0.05, 0) is 50.8 Å². The SMILES string of the molecule is CCc1cc(C2CN(C(=O)OC(C)(C)C)C2)cc(C)c1C=O. The van der Waals surface area contributed by atoms with E-state index in [1.807, 2.05) is 27.7 Å². The quantitative estimate of drug-likeness (QED) is 0.800. The minimum Gasteiger partial charge on any atom is -0.444 e. The number of benzene rings is 1. The van der Waals surface area contributed by atoms with E-state index in [-0.39, 0.29) is 6.09 Å². The Morgan fingerprint density at radius 2 is 2.00 bits per heavy atom. The fourth-order valence-electron chi connectivity index (χ4n) is 2.76. The minimum absolute atomic E-state index is 0.249. The van der Waals surface area contributed by atoms with Gasteiger partial charge in [-0.3, -0.25) is 4.79 Å². The van der Waals surface area contributed by atoms with E-state index in [1.165, 1.54) is 5.56 Å². The first-order chi connectivity index (χ1) is 10.2. The van der Waals surface area contributed by atoms with Crippen LogP contribution in [0.5, 0.6) is 0 Å². The zero-order chi connectivity index (χ0) is 16.5. The van der Waals surface area contributed by atoms with Gasteiger partial charge in [-0.25, -0.2) is 4.79 Å². The molecule has 22 heavy (non-hydrogen) atoms. The highest BCUT2D eigenvalue weighted by Gasteiger charge is 2.34. The van der Waals surface area contributed by atoms with Gasteiger partial charge in [-0.1, -0.05) is 19.1 Å². The van der Waals surface area contributed by atoms with E-state index in [0.717, 1.165) is 29.4 Å². The van der Waals surface area contributed by atoms with Crippen molar-refractivity contribution in [1.82, 2.24) is 4.90 Å². The van der Waals surface area contributed by atoms with E-state index in [0.29, 0.717) is 19.0 Å². The molecule has 120 valence electrons. The summed E-state index contributed by atoms with van der Waals surface area (Å²) in [5.74, 6) is 0.331. The molecule has 0 atom stereocenters. The summed E-state index contributed by atoms with van der Waals surface area (Å²) in [7, 11) is 0. The number of rotatable bonds is 3. The maximum absolute atomic E-state index is 12.0. The Morgan fingerprint density at radius 1 is 1.36 bits per heavy atom. The second kappa shape index (κ2) is 6.11. The molecule has 0 saturated carbocycles. The monoisotopic (exact) mass is 303 g/mol. The van der Waals surface area contributed by atoms with E-state index in [2.05, 4.69) is 19.1 Å². The van der Waals surface area contributed by atoms with Gasteiger partial charge in [-0.2, -0.15) is 0 Å². The van der Waals surface area contributed by atoms with Crippen LogP contribution in [-0.4, -0.2) is 36.0 Å². The predicted octanol–water partition coefficient (Wildman–Crippen LogP) is 3.70. The molecule has 0 N–H and O–H groups in total. The Labute approximate surface area is 132 Å². The number of amides is 1. The van der Waals surface area contributed by atoms with Gasteiger partial charge in [-0.15, -0.1) is 0 Å². The van der Waals surface area contributed by atoms with Gasteiger partial charge in [0.25, 0.3) is 0 Å². The Hall–Kier alpha value is -1.84. The summed E-state index contributed by atoms with van der Waals surface area (Å²) in [5, 5.41) is 0. The molecular weight excluding hydrogens is 278 g/mol. The first-order valence-corrected chi connectivity index (χ1v) is 7.81. The van der Waals surface area contributed by atoms with E-state index in [9.17, 15) is 9.59 Å². The lowest BCUT2D eigenvalue weighted by Crippen LogP contribution is -2.50. The Bertz CT molecular complexity index is 581. The largest absolute Gasteiger partial charge is 0.444 e. The van der Waals surface area contributed by atoms with Crippen LogP contribution >= 0.6 is 0 Å². The topological polar surface area (TPSA) is 46.6 Å². The molecule has 0 spiro atoms. The van der Waals surface area contributed by atoms with E-state index in [1.54, 1.807) is 4.90 Å². The molecule has 1 amide bonds. The van der Waals surface area contributed by atoms with Crippen molar-refractivity contribution < 1.29 is 14.3 Å². The van der Waals surface area contributed by atoms with Crippen LogP contribution in [0.3, 0.4) is 0 Å². The van der Waals surface area contributed by atoms with Crippen molar-refractivity contribution in [3.8, 4) is 0 Å². The van der Waals surface area contributed by atoms with E-state index >= 15 is 0 Å². The van der Waals surface area contributed by atoms with E-state index < -0.39 is 5.60 Å². The molecular formula is C18H25NO3. The molecule has 4 heteroatoms. The van der Waals surface area contributed by atoms with Crippen molar-refractivity contribution in [3.63, 3.8) is 0 Å². The number of carbonyl (C=O) groups excluding carboxylic acids is 2. The van der Waals surface area contributed by atoms with Gasteiger partial charge in [0.2, 0.25) is 0 Å². The third kappa shape index (κ3) is 3.49. The molecule has 0 aromatic heterocycles. The molecule has 1 aromatic rings. The standard InChI is InChI=1S/C18H25NO3/c1-6-13-8-14(7-12(2)16(13)11-20)15-9-19(10-15)17(21)22-18(3,4)5/h7-8,11,15H,6,9-10H2,1-5H3. The van der Waals surface area contributed by atoms with Crippen molar-refractivity contribution >= 4 is 12.4 Å². The lowest BCUT2D eigenvalue weighted by atomic mass is 9.87. The lowest BCUT2D eigenvalue weighted by molar-refractivity contribution is 0.00819. The fraction of sp³-hybridized carbons (Fsp3) is 0.556. The van der Waals surface area contributed by atoms with Gasteiger partial charge in [0, 0.05) is 24.6 Å². The van der Waals surface area contributed by atoms with Gasteiger partial charge in [0.1, 0.15) is 5.60 Å². The second-order valence-corrected chi connectivity index (χ2v) is 6.96. The average Bonchev–Trinajstić information content (AvgIpc) is 2.33. The number of likely N-dealkylation sites (tertiary alicyclic amines) is 1. The maximum Gasteiger partial charge on any atom is 0.410 e. The summed E-state index contributed by atoms with van der Waals surface area (Å²) in [6, 6.07) is 4.17. The van der Waals surface area contributed by atoms with Crippen molar-refractivity contribution in [2.24, 2.45) is 0 Å². The van der Waals surface area contributed by atoms with Crippen molar-refractivity contribution in [1.29, 1.82) is 0 Å². The molecule has 1 fully saturated rings.